The van der Waals surface area contributed by atoms with E-state index in [1.54, 1.807) is 0 Å². The lowest BCUT2D eigenvalue weighted by Gasteiger charge is -2.23. The van der Waals surface area contributed by atoms with Crippen LogP contribution in [-0.2, 0) is 14.3 Å². The molecule has 16 heavy (non-hydrogen) atoms. The third-order valence-electron chi connectivity index (χ3n) is 3.35. The minimum atomic E-state index is -0.173. The molecular formula is C13H20O3. The first-order chi connectivity index (χ1) is 7.56. The number of esters is 1. The van der Waals surface area contributed by atoms with Gasteiger partial charge in [0.25, 0.3) is 0 Å². The highest BCUT2D eigenvalue weighted by Gasteiger charge is 2.22. The molecular weight excluding hydrogens is 204 g/mol. The highest BCUT2D eigenvalue weighted by molar-refractivity contribution is 5.96. The molecule has 1 atom stereocenters. The van der Waals surface area contributed by atoms with Crippen molar-refractivity contribution in [3.63, 3.8) is 0 Å². The standard InChI is InChI=1S/C13H20O3/c1-9-7-8-12(14)10(2)11(9)5-4-6-13(15)16-3/h9H,4-8H2,1-3H3. The van der Waals surface area contributed by atoms with Crippen LogP contribution >= 0.6 is 0 Å². The Balaban J connectivity index is 2.54. The minimum Gasteiger partial charge on any atom is -0.469 e. The normalized spacial score (nSPS) is 21.2. The predicted molar refractivity (Wildman–Crippen MR) is 62.0 cm³/mol. The topological polar surface area (TPSA) is 43.4 Å². The van der Waals surface area contributed by atoms with E-state index in [0.717, 1.165) is 24.8 Å². The molecule has 0 saturated carbocycles. The molecule has 0 spiro atoms. The van der Waals surface area contributed by atoms with Crippen molar-refractivity contribution in [2.45, 2.75) is 46.0 Å². The Morgan fingerprint density at radius 3 is 2.81 bits per heavy atom. The molecule has 0 radical (unpaired) electrons. The largest absolute Gasteiger partial charge is 0.469 e. The van der Waals surface area contributed by atoms with Gasteiger partial charge >= 0.3 is 5.97 Å². The van der Waals surface area contributed by atoms with E-state index >= 15 is 0 Å². The molecule has 0 aromatic heterocycles. The van der Waals surface area contributed by atoms with Crippen LogP contribution < -0.4 is 0 Å². The molecule has 0 aromatic carbocycles. The minimum absolute atomic E-state index is 0.173. The number of carbonyl (C=O) groups excluding carboxylic acids is 2. The summed E-state index contributed by atoms with van der Waals surface area (Å²) in [5, 5.41) is 0. The zero-order chi connectivity index (χ0) is 12.1. The van der Waals surface area contributed by atoms with Gasteiger partial charge < -0.3 is 4.74 Å². The molecule has 0 fully saturated rings. The average Bonchev–Trinajstić information content (AvgIpc) is 2.28. The molecule has 0 heterocycles. The second-order valence-electron chi connectivity index (χ2n) is 4.44. The molecule has 0 N–H and O–H groups in total. The number of Topliss-reactive ketones (excluding diaryl/α,β-unsaturated/α-hetero) is 1. The average molecular weight is 224 g/mol. The van der Waals surface area contributed by atoms with Crippen molar-refractivity contribution in [1.29, 1.82) is 0 Å². The van der Waals surface area contributed by atoms with Crippen LogP contribution in [0.2, 0.25) is 0 Å². The van der Waals surface area contributed by atoms with Gasteiger partial charge in [-0.2, -0.15) is 0 Å². The van der Waals surface area contributed by atoms with Crippen LogP contribution in [0.5, 0.6) is 0 Å². The van der Waals surface area contributed by atoms with Crippen LogP contribution in [-0.4, -0.2) is 18.9 Å². The van der Waals surface area contributed by atoms with Crippen LogP contribution in [0.25, 0.3) is 0 Å². The predicted octanol–water partition coefficient (Wildman–Crippen LogP) is 2.65. The van der Waals surface area contributed by atoms with Gasteiger partial charge in [-0.15, -0.1) is 0 Å². The SMILES string of the molecule is COC(=O)CCCC1=C(C)C(=O)CCC1C. The molecule has 1 aliphatic carbocycles. The van der Waals surface area contributed by atoms with Crippen molar-refractivity contribution < 1.29 is 14.3 Å². The van der Waals surface area contributed by atoms with E-state index in [0.29, 0.717) is 18.8 Å². The van der Waals surface area contributed by atoms with Crippen molar-refractivity contribution >= 4 is 11.8 Å². The fourth-order valence-electron chi connectivity index (χ4n) is 2.22. The number of ketones is 1. The van der Waals surface area contributed by atoms with Crippen LogP contribution in [0.1, 0.15) is 46.0 Å². The maximum absolute atomic E-state index is 11.6. The summed E-state index contributed by atoms with van der Waals surface area (Å²) in [6, 6.07) is 0. The van der Waals surface area contributed by atoms with E-state index in [9.17, 15) is 9.59 Å². The van der Waals surface area contributed by atoms with Crippen molar-refractivity contribution in [3.05, 3.63) is 11.1 Å². The Morgan fingerprint density at radius 2 is 2.19 bits per heavy atom. The molecule has 0 aliphatic heterocycles. The van der Waals surface area contributed by atoms with E-state index < -0.39 is 0 Å². The lowest BCUT2D eigenvalue weighted by atomic mass is 9.81. The lowest BCUT2D eigenvalue weighted by molar-refractivity contribution is -0.140. The summed E-state index contributed by atoms with van der Waals surface area (Å²) in [5.41, 5.74) is 2.16. The first kappa shape index (κ1) is 12.9. The first-order valence-electron chi connectivity index (χ1n) is 5.86. The smallest absolute Gasteiger partial charge is 0.305 e. The maximum Gasteiger partial charge on any atom is 0.305 e. The molecule has 1 rings (SSSR count). The van der Waals surface area contributed by atoms with Gasteiger partial charge in [0.1, 0.15) is 0 Å². The van der Waals surface area contributed by atoms with Crippen LogP contribution in [0.4, 0.5) is 0 Å². The van der Waals surface area contributed by atoms with E-state index in [-0.39, 0.29) is 11.8 Å². The molecule has 0 aromatic rings. The van der Waals surface area contributed by atoms with Crippen molar-refractivity contribution in [3.8, 4) is 0 Å². The molecule has 0 bridgehead atoms. The summed E-state index contributed by atoms with van der Waals surface area (Å²) in [6.45, 7) is 4.06. The summed E-state index contributed by atoms with van der Waals surface area (Å²) in [6.07, 6.45) is 3.68. The molecule has 3 heteroatoms. The van der Waals surface area contributed by atoms with Gasteiger partial charge in [0.05, 0.1) is 7.11 Å². The third-order valence-corrected chi connectivity index (χ3v) is 3.35. The second kappa shape index (κ2) is 5.83. The molecule has 1 unspecified atom stereocenters. The third kappa shape index (κ3) is 3.19. The summed E-state index contributed by atoms with van der Waals surface area (Å²) < 4.78 is 4.59. The molecule has 3 nitrogen and oxygen atoms in total. The number of ether oxygens (including phenoxy) is 1. The van der Waals surface area contributed by atoms with Gasteiger partial charge in [0.15, 0.2) is 5.78 Å². The fourth-order valence-corrected chi connectivity index (χ4v) is 2.22. The fraction of sp³-hybridized carbons (Fsp3) is 0.692. The number of hydrogen-bond acceptors (Lipinski definition) is 3. The van der Waals surface area contributed by atoms with Crippen LogP contribution in [0, 0.1) is 5.92 Å². The molecule has 90 valence electrons. The van der Waals surface area contributed by atoms with E-state index in [1.165, 1.54) is 12.7 Å². The van der Waals surface area contributed by atoms with Crippen LogP contribution in [0.15, 0.2) is 11.1 Å². The van der Waals surface area contributed by atoms with Gasteiger partial charge in [-0.1, -0.05) is 12.5 Å². The summed E-state index contributed by atoms with van der Waals surface area (Å²) in [7, 11) is 1.40. The Kier molecular flexibility index (Phi) is 4.71. The Morgan fingerprint density at radius 1 is 1.50 bits per heavy atom. The van der Waals surface area contributed by atoms with Gasteiger partial charge in [0.2, 0.25) is 0 Å². The number of methoxy groups -OCH3 is 1. The number of carbonyl (C=O) groups is 2. The summed E-state index contributed by atoms with van der Waals surface area (Å²) in [5.74, 6) is 0.578. The summed E-state index contributed by atoms with van der Waals surface area (Å²) >= 11 is 0. The monoisotopic (exact) mass is 224 g/mol. The quantitative estimate of drug-likeness (QED) is 0.689. The van der Waals surface area contributed by atoms with Crippen LogP contribution in [0.3, 0.4) is 0 Å². The van der Waals surface area contributed by atoms with Crippen molar-refractivity contribution in [1.82, 2.24) is 0 Å². The van der Waals surface area contributed by atoms with Gasteiger partial charge in [0, 0.05) is 12.8 Å². The number of allylic oxidation sites excluding steroid dienone is 2. The highest BCUT2D eigenvalue weighted by atomic mass is 16.5. The molecule has 0 saturated heterocycles. The number of hydrogen-bond donors (Lipinski definition) is 0. The highest BCUT2D eigenvalue weighted by Crippen LogP contribution is 2.30. The molecule has 1 aliphatic rings. The van der Waals surface area contributed by atoms with E-state index in [4.69, 9.17) is 0 Å². The molecule has 0 amide bonds. The van der Waals surface area contributed by atoms with E-state index in [1.807, 2.05) is 6.92 Å². The van der Waals surface area contributed by atoms with Crippen molar-refractivity contribution in [2.75, 3.05) is 7.11 Å². The summed E-state index contributed by atoms with van der Waals surface area (Å²) in [4.78, 5) is 22.5. The first-order valence-corrected chi connectivity index (χ1v) is 5.86. The maximum atomic E-state index is 11.6. The lowest BCUT2D eigenvalue weighted by Crippen LogP contribution is -2.16. The van der Waals surface area contributed by atoms with Gasteiger partial charge in [-0.25, -0.2) is 0 Å². The van der Waals surface area contributed by atoms with E-state index in [2.05, 4.69) is 11.7 Å². The zero-order valence-electron chi connectivity index (χ0n) is 10.3. The van der Waals surface area contributed by atoms with Crippen molar-refractivity contribution in [2.24, 2.45) is 5.92 Å². The van der Waals surface area contributed by atoms with Gasteiger partial charge in [-0.05, 0) is 37.7 Å². The Hall–Kier alpha value is -1.12. The van der Waals surface area contributed by atoms with Gasteiger partial charge in [-0.3, -0.25) is 9.59 Å². The Bertz CT molecular complexity index is 315. The Labute approximate surface area is 96.9 Å². The number of rotatable bonds is 4. The zero-order valence-corrected chi connectivity index (χ0v) is 10.3. The second-order valence-corrected chi connectivity index (χ2v) is 4.44.